The van der Waals surface area contributed by atoms with E-state index in [0.717, 1.165) is 5.69 Å². The summed E-state index contributed by atoms with van der Waals surface area (Å²) in [5.74, 6) is 0. The molecule has 100 valence electrons. The molecule has 1 heterocycles. The first-order valence-electron chi connectivity index (χ1n) is 5.78. The Bertz CT molecular complexity index is 594. The Morgan fingerprint density at radius 1 is 1.37 bits per heavy atom. The van der Waals surface area contributed by atoms with Crippen LogP contribution in [0.4, 0.5) is 17.1 Å². The van der Waals surface area contributed by atoms with Crippen molar-refractivity contribution in [2.45, 2.75) is 6.54 Å². The van der Waals surface area contributed by atoms with Crippen LogP contribution in [0.5, 0.6) is 0 Å². The molecule has 7 heteroatoms. The first kappa shape index (κ1) is 12.9. The molecule has 2 aromatic rings. The summed E-state index contributed by atoms with van der Waals surface area (Å²) in [5.41, 5.74) is 2.30. The van der Waals surface area contributed by atoms with Crippen LogP contribution in [0.1, 0.15) is 5.69 Å². The molecule has 7 nitrogen and oxygen atoms in total. The van der Waals surface area contributed by atoms with E-state index in [2.05, 4.69) is 15.7 Å². The van der Waals surface area contributed by atoms with Gasteiger partial charge >= 0.3 is 0 Å². The first-order valence-corrected chi connectivity index (χ1v) is 5.78. The van der Waals surface area contributed by atoms with E-state index < -0.39 is 4.92 Å². The minimum Gasteiger partial charge on any atom is -0.388 e. The Balaban J connectivity index is 2.15. The lowest BCUT2D eigenvalue weighted by atomic mass is 10.2. The molecule has 0 aliphatic heterocycles. The maximum absolute atomic E-state index is 10.8. The van der Waals surface area contributed by atoms with Crippen molar-refractivity contribution in [1.82, 2.24) is 9.78 Å². The lowest BCUT2D eigenvalue weighted by molar-refractivity contribution is -0.384. The van der Waals surface area contributed by atoms with Gasteiger partial charge in [-0.05, 0) is 12.1 Å². The van der Waals surface area contributed by atoms with Crippen LogP contribution in [0.3, 0.4) is 0 Å². The third-order valence-corrected chi connectivity index (χ3v) is 2.66. The number of anilines is 2. The molecule has 2 N–H and O–H groups in total. The zero-order chi connectivity index (χ0) is 13.8. The van der Waals surface area contributed by atoms with Crippen molar-refractivity contribution in [3.05, 3.63) is 46.3 Å². The molecule has 0 bridgehead atoms. The Kier molecular flexibility index (Phi) is 3.65. The normalized spacial score (nSPS) is 10.2. The van der Waals surface area contributed by atoms with Crippen molar-refractivity contribution in [1.29, 1.82) is 0 Å². The van der Waals surface area contributed by atoms with Crippen LogP contribution in [-0.4, -0.2) is 21.8 Å². The third-order valence-electron chi connectivity index (χ3n) is 2.66. The molecule has 0 saturated carbocycles. The van der Waals surface area contributed by atoms with E-state index in [0.29, 0.717) is 17.9 Å². The first-order chi connectivity index (χ1) is 9.08. The van der Waals surface area contributed by atoms with Crippen molar-refractivity contribution in [3.8, 4) is 0 Å². The molecule has 1 aromatic heterocycles. The van der Waals surface area contributed by atoms with Crippen LogP contribution >= 0.6 is 0 Å². The van der Waals surface area contributed by atoms with E-state index in [9.17, 15) is 10.1 Å². The van der Waals surface area contributed by atoms with Crippen molar-refractivity contribution in [2.75, 3.05) is 17.7 Å². The average Bonchev–Trinajstić information content (AvgIpc) is 2.81. The molecule has 0 unspecified atom stereocenters. The molecule has 1 aromatic carbocycles. The zero-order valence-electron chi connectivity index (χ0n) is 10.8. The second-order valence-electron chi connectivity index (χ2n) is 4.11. The number of aryl methyl sites for hydroxylation is 1. The number of aromatic nitrogens is 2. The number of nitro benzene ring substituents is 1. The molecule has 0 fully saturated rings. The predicted octanol–water partition coefficient (Wildman–Crippen LogP) is 1.98. The van der Waals surface area contributed by atoms with Gasteiger partial charge in [-0.15, -0.1) is 0 Å². The van der Waals surface area contributed by atoms with Gasteiger partial charge in [0.25, 0.3) is 5.69 Å². The zero-order valence-corrected chi connectivity index (χ0v) is 10.8. The summed E-state index contributed by atoms with van der Waals surface area (Å²) in [6, 6.07) is 6.70. The smallest absolute Gasteiger partial charge is 0.273 e. The molecule has 0 spiro atoms. The summed E-state index contributed by atoms with van der Waals surface area (Å²) in [5, 5.41) is 21.1. The quantitative estimate of drug-likeness (QED) is 0.635. The molecule has 0 saturated heterocycles. The summed E-state index contributed by atoms with van der Waals surface area (Å²) < 4.78 is 1.71. The van der Waals surface area contributed by atoms with Crippen molar-refractivity contribution in [3.63, 3.8) is 0 Å². The summed E-state index contributed by atoms with van der Waals surface area (Å²) in [6.07, 6.45) is 1.85. The maximum atomic E-state index is 10.8. The second kappa shape index (κ2) is 5.38. The lowest BCUT2D eigenvalue weighted by Gasteiger charge is -2.07. The molecular formula is C12H15N5O2. The van der Waals surface area contributed by atoms with E-state index >= 15 is 0 Å². The summed E-state index contributed by atoms with van der Waals surface area (Å²) in [7, 11) is 3.57. The molecule has 19 heavy (non-hydrogen) atoms. The van der Waals surface area contributed by atoms with Crippen molar-refractivity contribution < 1.29 is 4.92 Å². The average molecular weight is 261 g/mol. The van der Waals surface area contributed by atoms with Crippen molar-refractivity contribution in [2.24, 2.45) is 7.05 Å². The van der Waals surface area contributed by atoms with Crippen LogP contribution in [0.25, 0.3) is 0 Å². The monoisotopic (exact) mass is 261 g/mol. The number of nitro groups is 1. The Labute approximate surface area is 110 Å². The highest BCUT2D eigenvalue weighted by molar-refractivity contribution is 5.63. The van der Waals surface area contributed by atoms with Gasteiger partial charge in [0.1, 0.15) is 0 Å². The molecule has 2 rings (SSSR count). The molecule has 0 aliphatic rings. The minimum absolute atomic E-state index is 0.0513. The fourth-order valence-electron chi connectivity index (χ4n) is 1.71. The van der Waals surface area contributed by atoms with Gasteiger partial charge in [0.05, 0.1) is 17.2 Å². The fourth-order valence-corrected chi connectivity index (χ4v) is 1.71. The molecule has 0 aliphatic carbocycles. The van der Waals surface area contributed by atoms with Gasteiger partial charge in [-0.1, -0.05) is 0 Å². The number of rotatable bonds is 5. The molecular weight excluding hydrogens is 246 g/mol. The van der Waals surface area contributed by atoms with E-state index in [-0.39, 0.29) is 5.69 Å². The van der Waals surface area contributed by atoms with Crippen LogP contribution in [0, 0.1) is 10.1 Å². The van der Waals surface area contributed by atoms with E-state index in [1.54, 1.807) is 11.7 Å². The SMILES string of the molecule is CNc1cc(NCc2ccn(C)n2)cc([N+](=O)[O-])c1. The summed E-state index contributed by atoms with van der Waals surface area (Å²) in [6.45, 7) is 0.519. The number of nitrogens with zero attached hydrogens (tertiary/aromatic N) is 3. The van der Waals surface area contributed by atoms with Gasteiger partial charge in [0, 0.05) is 43.8 Å². The second-order valence-corrected chi connectivity index (χ2v) is 4.11. The van der Waals surface area contributed by atoms with Gasteiger partial charge in [-0.25, -0.2) is 0 Å². The Morgan fingerprint density at radius 3 is 2.68 bits per heavy atom. The standard InChI is InChI=1S/C12H15N5O2/c1-13-10-5-11(7-12(6-10)17(18)19)14-8-9-3-4-16(2)15-9/h3-7,13-14H,8H2,1-2H3. The number of hydrogen-bond donors (Lipinski definition) is 2. The van der Waals surface area contributed by atoms with Gasteiger partial charge in [0.15, 0.2) is 0 Å². The fraction of sp³-hybridized carbons (Fsp3) is 0.250. The minimum atomic E-state index is -0.410. The predicted molar refractivity (Wildman–Crippen MR) is 73.2 cm³/mol. The molecule has 0 radical (unpaired) electrons. The number of benzene rings is 1. The van der Waals surface area contributed by atoms with Crippen LogP contribution in [0.2, 0.25) is 0 Å². The van der Waals surface area contributed by atoms with Gasteiger partial charge < -0.3 is 10.6 Å². The number of non-ortho nitro benzene ring substituents is 1. The largest absolute Gasteiger partial charge is 0.388 e. The molecule has 0 atom stereocenters. The van der Waals surface area contributed by atoms with E-state index in [1.807, 2.05) is 25.4 Å². The highest BCUT2D eigenvalue weighted by atomic mass is 16.6. The highest BCUT2D eigenvalue weighted by Gasteiger charge is 2.09. The van der Waals surface area contributed by atoms with Crippen molar-refractivity contribution >= 4 is 17.1 Å². The summed E-state index contributed by atoms with van der Waals surface area (Å²) >= 11 is 0. The van der Waals surface area contributed by atoms with E-state index in [1.165, 1.54) is 12.1 Å². The maximum Gasteiger partial charge on any atom is 0.273 e. The van der Waals surface area contributed by atoms with E-state index in [4.69, 9.17) is 0 Å². The highest BCUT2D eigenvalue weighted by Crippen LogP contribution is 2.24. The number of hydrogen-bond acceptors (Lipinski definition) is 5. The van der Waals surface area contributed by atoms with Crippen LogP contribution in [0.15, 0.2) is 30.5 Å². The lowest BCUT2D eigenvalue weighted by Crippen LogP contribution is -2.02. The Morgan fingerprint density at radius 2 is 2.11 bits per heavy atom. The topological polar surface area (TPSA) is 85.0 Å². The Hall–Kier alpha value is -2.57. The third kappa shape index (κ3) is 3.21. The number of nitrogens with one attached hydrogen (secondary N) is 2. The van der Waals surface area contributed by atoms with Gasteiger partial charge in [-0.2, -0.15) is 5.10 Å². The van der Waals surface area contributed by atoms with Crippen LogP contribution in [-0.2, 0) is 13.6 Å². The molecule has 0 amide bonds. The van der Waals surface area contributed by atoms with Gasteiger partial charge in [-0.3, -0.25) is 14.8 Å². The summed E-state index contributed by atoms with van der Waals surface area (Å²) in [4.78, 5) is 10.4. The van der Waals surface area contributed by atoms with Crippen LogP contribution < -0.4 is 10.6 Å². The van der Waals surface area contributed by atoms with Gasteiger partial charge in [0.2, 0.25) is 0 Å².